The van der Waals surface area contributed by atoms with E-state index in [4.69, 9.17) is 0 Å². The Bertz CT molecular complexity index is 442. The van der Waals surface area contributed by atoms with Crippen LogP contribution < -0.4 is 5.32 Å². The Morgan fingerprint density at radius 1 is 1.50 bits per heavy atom. The molecule has 1 aromatic heterocycles. The van der Waals surface area contributed by atoms with Gasteiger partial charge in [-0.05, 0) is 24.7 Å². The standard InChI is InChI=1S/C12H13FN2S/c1-14-11(8-12-15-5-6-16-12)9-3-2-4-10(13)7-9/h2-7,11,14H,8H2,1H3. The lowest BCUT2D eigenvalue weighted by Gasteiger charge is -2.15. The van der Waals surface area contributed by atoms with Crippen LogP contribution in [0.1, 0.15) is 16.6 Å². The summed E-state index contributed by atoms with van der Waals surface area (Å²) in [6.45, 7) is 0. The molecular formula is C12H13FN2S. The average molecular weight is 236 g/mol. The molecule has 1 aromatic carbocycles. The quantitative estimate of drug-likeness (QED) is 0.883. The van der Waals surface area contributed by atoms with Crippen LogP contribution in [-0.2, 0) is 6.42 Å². The number of hydrogen-bond donors (Lipinski definition) is 1. The van der Waals surface area contributed by atoms with E-state index in [-0.39, 0.29) is 11.9 Å². The smallest absolute Gasteiger partial charge is 0.123 e. The van der Waals surface area contributed by atoms with Gasteiger partial charge in [-0.15, -0.1) is 11.3 Å². The fraction of sp³-hybridized carbons (Fsp3) is 0.250. The lowest BCUT2D eigenvalue weighted by atomic mass is 10.0. The summed E-state index contributed by atoms with van der Waals surface area (Å²) in [7, 11) is 1.88. The number of thiazole rings is 1. The van der Waals surface area contributed by atoms with E-state index in [1.54, 1.807) is 29.7 Å². The molecule has 2 nitrogen and oxygen atoms in total. The number of nitrogens with zero attached hydrogens (tertiary/aromatic N) is 1. The monoisotopic (exact) mass is 236 g/mol. The second-order valence-electron chi connectivity index (χ2n) is 3.53. The third-order valence-corrected chi connectivity index (χ3v) is 3.26. The summed E-state index contributed by atoms with van der Waals surface area (Å²) >= 11 is 1.62. The molecule has 2 rings (SSSR count). The Morgan fingerprint density at radius 2 is 2.38 bits per heavy atom. The summed E-state index contributed by atoms with van der Waals surface area (Å²) in [6.07, 6.45) is 2.58. The van der Waals surface area contributed by atoms with Gasteiger partial charge in [0.1, 0.15) is 5.82 Å². The first-order chi connectivity index (χ1) is 7.79. The maximum Gasteiger partial charge on any atom is 0.123 e. The third kappa shape index (κ3) is 2.65. The molecule has 2 aromatic rings. The molecule has 0 bridgehead atoms. The van der Waals surface area contributed by atoms with E-state index in [1.165, 1.54) is 6.07 Å². The average Bonchev–Trinajstić information content (AvgIpc) is 2.78. The van der Waals surface area contributed by atoms with Gasteiger partial charge in [0.2, 0.25) is 0 Å². The molecule has 0 radical (unpaired) electrons. The van der Waals surface area contributed by atoms with Crippen LogP contribution in [0.15, 0.2) is 35.8 Å². The normalized spacial score (nSPS) is 12.6. The third-order valence-electron chi connectivity index (χ3n) is 2.46. The minimum absolute atomic E-state index is 0.113. The molecule has 0 aliphatic rings. The maximum atomic E-state index is 13.1. The van der Waals surface area contributed by atoms with Gasteiger partial charge in [-0.25, -0.2) is 9.37 Å². The first kappa shape index (κ1) is 11.2. The molecule has 0 amide bonds. The maximum absolute atomic E-state index is 13.1. The van der Waals surface area contributed by atoms with Crippen molar-refractivity contribution in [1.82, 2.24) is 10.3 Å². The highest BCUT2D eigenvalue weighted by Crippen LogP contribution is 2.19. The van der Waals surface area contributed by atoms with E-state index < -0.39 is 0 Å². The topological polar surface area (TPSA) is 24.9 Å². The van der Waals surface area contributed by atoms with Gasteiger partial charge in [0.25, 0.3) is 0 Å². The Hall–Kier alpha value is -1.26. The Balaban J connectivity index is 2.16. The molecule has 1 heterocycles. The van der Waals surface area contributed by atoms with Crippen molar-refractivity contribution in [3.8, 4) is 0 Å². The highest BCUT2D eigenvalue weighted by atomic mass is 32.1. The SMILES string of the molecule is CNC(Cc1nccs1)c1cccc(F)c1. The zero-order valence-electron chi connectivity index (χ0n) is 8.98. The van der Waals surface area contributed by atoms with Crippen molar-refractivity contribution in [2.24, 2.45) is 0 Å². The van der Waals surface area contributed by atoms with Gasteiger partial charge in [-0.2, -0.15) is 0 Å². The van der Waals surface area contributed by atoms with E-state index in [1.807, 2.05) is 18.5 Å². The summed E-state index contributed by atoms with van der Waals surface area (Å²) in [5.74, 6) is -0.197. The predicted octanol–water partition coefficient (Wildman–Crippen LogP) is 2.79. The molecule has 4 heteroatoms. The number of halogens is 1. The summed E-state index contributed by atoms with van der Waals surface area (Å²) < 4.78 is 13.1. The number of nitrogens with one attached hydrogen (secondary N) is 1. The van der Waals surface area contributed by atoms with Crippen molar-refractivity contribution in [3.63, 3.8) is 0 Å². The van der Waals surface area contributed by atoms with Gasteiger partial charge in [0.05, 0.1) is 5.01 Å². The van der Waals surface area contributed by atoms with Crippen molar-refractivity contribution in [1.29, 1.82) is 0 Å². The first-order valence-electron chi connectivity index (χ1n) is 5.10. The van der Waals surface area contributed by atoms with E-state index >= 15 is 0 Å². The molecule has 0 aliphatic carbocycles. The number of hydrogen-bond acceptors (Lipinski definition) is 3. The van der Waals surface area contributed by atoms with Crippen LogP contribution in [0.5, 0.6) is 0 Å². The predicted molar refractivity (Wildman–Crippen MR) is 64.0 cm³/mol. The van der Waals surface area contributed by atoms with Crippen LogP contribution in [0, 0.1) is 5.82 Å². The van der Waals surface area contributed by atoms with Crippen molar-refractivity contribution in [2.45, 2.75) is 12.5 Å². The van der Waals surface area contributed by atoms with Crippen LogP contribution in [0.3, 0.4) is 0 Å². The fourth-order valence-corrected chi connectivity index (χ4v) is 2.30. The second-order valence-corrected chi connectivity index (χ2v) is 4.51. The number of likely N-dealkylation sites (N-methyl/N-ethyl adjacent to an activating group) is 1. The highest BCUT2D eigenvalue weighted by molar-refractivity contribution is 7.09. The molecular weight excluding hydrogens is 223 g/mol. The van der Waals surface area contributed by atoms with Crippen LogP contribution in [-0.4, -0.2) is 12.0 Å². The Morgan fingerprint density at radius 3 is 3.00 bits per heavy atom. The van der Waals surface area contributed by atoms with Crippen LogP contribution in [0.4, 0.5) is 4.39 Å². The van der Waals surface area contributed by atoms with Crippen molar-refractivity contribution in [2.75, 3.05) is 7.05 Å². The highest BCUT2D eigenvalue weighted by Gasteiger charge is 2.11. The number of benzene rings is 1. The van der Waals surface area contributed by atoms with Crippen LogP contribution in [0.2, 0.25) is 0 Å². The van der Waals surface area contributed by atoms with Crippen LogP contribution >= 0.6 is 11.3 Å². The molecule has 16 heavy (non-hydrogen) atoms. The molecule has 1 atom stereocenters. The van der Waals surface area contributed by atoms with E-state index in [2.05, 4.69) is 10.3 Å². The summed E-state index contributed by atoms with van der Waals surface area (Å²) in [6, 6.07) is 6.80. The Labute approximate surface area is 98.2 Å². The molecule has 84 valence electrons. The van der Waals surface area contributed by atoms with Gasteiger partial charge in [-0.1, -0.05) is 12.1 Å². The van der Waals surface area contributed by atoms with Crippen molar-refractivity contribution in [3.05, 3.63) is 52.2 Å². The molecule has 0 spiro atoms. The molecule has 1 unspecified atom stereocenters. The number of aromatic nitrogens is 1. The zero-order chi connectivity index (χ0) is 11.4. The summed E-state index contributed by atoms with van der Waals surface area (Å²) in [5.41, 5.74) is 0.956. The molecule has 0 saturated carbocycles. The van der Waals surface area contributed by atoms with Gasteiger partial charge in [0.15, 0.2) is 0 Å². The Kier molecular flexibility index (Phi) is 3.64. The number of rotatable bonds is 4. The zero-order valence-corrected chi connectivity index (χ0v) is 9.80. The van der Waals surface area contributed by atoms with Gasteiger partial charge in [-0.3, -0.25) is 0 Å². The second kappa shape index (κ2) is 5.18. The van der Waals surface area contributed by atoms with E-state index in [0.29, 0.717) is 0 Å². The first-order valence-corrected chi connectivity index (χ1v) is 5.98. The molecule has 0 aliphatic heterocycles. The van der Waals surface area contributed by atoms with E-state index in [9.17, 15) is 4.39 Å². The van der Waals surface area contributed by atoms with Crippen molar-refractivity contribution >= 4 is 11.3 Å². The molecule has 0 saturated heterocycles. The van der Waals surface area contributed by atoms with Crippen molar-refractivity contribution < 1.29 is 4.39 Å². The van der Waals surface area contributed by atoms with Gasteiger partial charge in [0, 0.05) is 24.0 Å². The largest absolute Gasteiger partial charge is 0.313 e. The lowest BCUT2D eigenvalue weighted by molar-refractivity contribution is 0.576. The lowest BCUT2D eigenvalue weighted by Crippen LogP contribution is -2.18. The summed E-state index contributed by atoms with van der Waals surface area (Å²) in [5, 5.41) is 6.19. The van der Waals surface area contributed by atoms with Gasteiger partial charge < -0.3 is 5.32 Å². The molecule has 0 fully saturated rings. The molecule has 1 N–H and O–H groups in total. The van der Waals surface area contributed by atoms with Crippen LogP contribution in [0.25, 0.3) is 0 Å². The fourth-order valence-electron chi connectivity index (χ4n) is 1.64. The van der Waals surface area contributed by atoms with E-state index in [0.717, 1.165) is 17.0 Å². The van der Waals surface area contributed by atoms with Gasteiger partial charge >= 0.3 is 0 Å². The summed E-state index contributed by atoms with van der Waals surface area (Å²) in [4.78, 5) is 4.24. The minimum Gasteiger partial charge on any atom is -0.313 e. The minimum atomic E-state index is -0.197.